The van der Waals surface area contributed by atoms with Crippen molar-refractivity contribution in [3.8, 4) is 11.3 Å². The van der Waals surface area contributed by atoms with Gasteiger partial charge in [0.2, 0.25) is 10.0 Å². The van der Waals surface area contributed by atoms with E-state index in [1.54, 1.807) is 10.9 Å². The molecule has 5 nitrogen and oxygen atoms in total. The largest absolute Gasteiger partial charge is 0.266 e. The third-order valence-corrected chi connectivity index (χ3v) is 6.49. The van der Waals surface area contributed by atoms with E-state index in [4.69, 9.17) is 0 Å². The summed E-state index contributed by atoms with van der Waals surface area (Å²) in [7, 11) is -3.70. The van der Waals surface area contributed by atoms with E-state index in [-0.39, 0.29) is 4.90 Å². The molecule has 3 aromatic carbocycles. The van der Waals surface area contributed by atoms with Crippen molar-refractivity contribution in [1.82, 2.24) is 14.5 Å². The van der Waals surface area contributed by atoms with Gasteiger partial charge in [0.1, 0.15) is 10.6 Å². The van der Waals surface area contributed by atoms with E-state index in [1.165, 1.54) is 5.56 Å². The molecule has 0 aliphatic rings. The van der Waals surface area contributed by atoms with Crippen LogP contribution in [0.2, 0.25) is 0 Å². The molecule has 0 spiro atoms. The van der Waals surface area contributed by atoms with Crippen molar-refractivity contribution in [2.75, 3.05) is 6.54 Å². The monoisotopic (exact) mass is 431 g/mol. The number of hydrogen-bond donors (Lipinski definition) is 1. The van der Waals surface area contributed by atoms with Crippen LogP contribution >= 0.6 is 0 Å². The summed E-state index contributed by atoms with van der Waals surface area (Å²) >= 11 is 0. The van der Waals surface area contributed by atoms with Crippen LogP contribution in [0.15, 0.2) is 102 Å². The van der Waals surface area contributed by atoms with Gasteiger partial charge in [-0.15, -0.1) is 0 Å². The summed E-state index contributed by atoms with van der Waals surface area (Å²) in [6.07, 6.45) is 3.17. The maximum Gasteiger partial charge on any atom is 0.244 e. The Balaban J connectivity index is 1.54. The minimum atomic E-state index is -3.70. The molecule has 1 N–H and O–H groups in total. The molecule has 0 saturated carbocycles. The van der Waals surface area contributed by atoms with Gasteiger partial charge in [-0.1, -0.05) is 91.0 Å². The first-order chi connectivity index (χ1) is 15.1. The number of nitrogens with one attached hydrogen (secondary N) is 1. The van der Waals surface area contributed by atoms with Gasteiger partial charge in [0.05, 0.1) is 6.54 Å². The van der Waals surface area contributed by atoms with E-state index >= 15 is 0 Å². The van der Waals surface area contributed by atoms with Crippen molar-refractivity contribution < 1.29 is 8.42 Å². The molecular weight excluding hydrogens is 406 g/mol. The topological polar surface area (TPSA) is 64.0 Å². The first-order valence-corrected chi connectivity index (χ1v) is 11.8. The molecule has 0 aliphatic heterocycles. The predicted molar refractivity (Wildman–Crippen MR) is 123 cm³/mol. The van der Waals surface area contributed by atoms with Crippen molar-refractivity contribution in [3.63, 3.8) is 0 Å². The second kappa shape index (κ2) is 9.73. The van der Waals surface area contributed by atoms with Gasteiger partial charge in [0.25, 0.3) is 0 Å². The Kier molecular flexibility index (Phi) is 6.60. The van der Waals surface area contributed by atoms with Gasteiger partial charge in [-0.2, -0.15) is 5.10 Å². The van der Waals surface area contributed by atoms with E-state index < -0.39 is 10.0 Å². The molecule has 0 unspecified atom stereocenters. The quantitative estimate of drug-likeness (QED) is 0.397. The van der Waals surface area contributed by atoms with Crippen molar-refractivity contribution in [1.29, 1.82) is 0 Å². The highest BCUT2D eigenvalue weighted by Crippen LogP contribution is 2.26. The Morgan fingerprint density at radius 2 is 1.35 bits per heavy atom. The Bertz CT molecular complexity index is 1210. The lowest BCUT2D eigenvalue weighted by Gasteiger charge is -2.07. The third-order valence-electron chi connectivity index (χ3n) is 5.03. The maximum atomic E-state index is 13.1. The van der Waals surface area contributed by atoms with Gasteiger partial charge in [-0.25, -0.2) is 13.1 Å². The summed E-state index contributed by atoms with van der Waals surface area (Å²) in [5, 5.41) is 4.62. The lowest BCUT2D eigenvalue weighted by molar-refractivity contribution is 0.579. The molecule has 1 aromatic heterocycles. The molecule has 4 aromatic rings. The number of nitrogens with zero attached hydrogens (tertiary/aromatic N) is 2. The standard InChI is InChI=1S/C25H25N3O2S/c29-31(30,26-18-10-15-21-11-4-1-5-12-21)24-20-28(19-22-13-6-2-7-14-22)27-25(24)23-16-8-3-9-17-23/h1-9,11-14,16-17,20,26H,10,15,18-19H2. The lowest BCUT2D eigenvalue weighted by Crippen LogP contribution is -2.25. The summed E-state index contributed by atoms with van der Waals surface area (Å²) in [5.74, 6) is 0. The second-order valence-electron chi connectivity index (χ2n) is 7.38. The van der Waals surface area contributed by atoms with E-state index in [0.29, 0.717) is 18.8 Å². The van der Waals surface area contributed by atoms with Gasteiger partial charge < -0.3 is 0 Å². The molecule has 0 aliphatic carbocycles. The zero-order chi connectivity index (χ0) is 21.5. The molecule has 0 radical (unpaired) electrons. The van der Waals surface area contributed by atoms with Crippen molar-refractivity contribution in [2.24, 2.45) is 0 Å². The number of aryl methyl sites for hydroxylation is 1. The summed E-state index contributed by atoms with van der Waals surface area (Å²) in [4.78, 5) is 0.203. The van der Waals surface area contributed by atoms with Crippen molar-refractivity contribution in [3.05, 3.63) is 108 Å². The number of aromatic nitrogens is 2. The highest BCUT2D eigenvalue weighted by molar-refractivity contribution is 7.89. The number of benzene rings is 3. The molecule has 158 valence electrons. The molecule has 0 amide bonds. The van der Waals surface area contributed by atoms with Gasteiger partial charge in [0, 0.05) is 18.3 Å². The fourth-order valence-electron chi connectivity index (χ4n) is 3.47. The molecule has 4 rings (SSSR count). The van der Waals surface area contributed by atoms with E-state index in [9.17, 15) is 8.42 Å². The van der Waals surface area contributed by atoms with Crippen LogP contribution in [-0.4, -0.2) is 24.7 Å². The number of sulfonamides is 1. The van der Waals surface area contributed by atoms with Crippen LogP contribution in [0, 0.1) is 0 Å². The Morgan fingerprint density at radius 1 is 0.774 bits per heavy atom. The summed E-state index contributed by atoms with van der Waals surface area (Å²) in [6.45, 7) is 0.875. The van der Waals surface area contributed by atoms with Crippen LogP contribution in [-0.2, 0) is 23.0 Å². The van der Waals surface area contributed by atoms with Crippen molar-refractivity contribution in [2.45, 2.75) is 24.3 Å². The molecule has 0 saturated heterocycles. The smallest absolute Gasteiger partial charge is 0.244 e. The normalized spacial score (nSPS) is 11.5. The first kappa shape index (κ1) is 21.0. The zero-order valence-corrected chi connectivity index (χ0v) is 18.0. The van der Waals surface area contributed by atoms with Crippen LogP contribution in [0.3, 0.4) is 0 Å². The highest BCUT2D eigenvalue weighted by Gasteiger charge is 2.23. The van der Waals surface area contributed by atoms with Crippen LogP contribution in [0.4, 0.5) is 0 Å². The molecule has 1 heterocycles. The third kappa shape index (κ3) is 5.48. The first-order valence-electron chi connectivity index (χ1n) is 10.3. The summed E-state index contributed by atoms with van der Waals surface area (Å²) in [5.41, 5.74) is 3.50. The number of hydrogen-bond acceptors (Lipinski definition) is 3. The number of rotatable bonds is 9. The predicted octanol–water partition coefficient (Wildman–Crippen LogP) is 4.51. The van der Waals surface area contributed by atoms with Crippen LogP contribution in [0.5, 0.6) is 0 Å². The minimum Gasteiger partial charge on any atom is -0.266 e. The average molecular weight is 432 g/mol. The van der Waals surface area contributed by atoms with E-state index in [2.05, 4.69) is 22.0 Å². The highest BCUT2D eigenvalue weighted by atomic mass is 32.2. The molecule has 0 fully saturated rings. The molecule has 0 bridgehead atoms. The molecular formula is C25H25N3O2S. The van der Waals surface area contributed by atoms with Gasteiger partial charge >= 0.3 is 0 Å². The molecule has 31 heavy (non-hydrogen) atoms. The van der Waals surface area contributed by atoms with Crippen LogP contribution in [0.25, 0.3) is 11.3 Å². The summed E-state index contributed by atoms with van der Waals surface area (Å²) in [6, 6.07) is 29.4. The van der Waals surface area contributed by atoms with E-state index in [1.807, 2.05) is 78.9 Å². The second-order valence-corrected chi connectivity index (χ2v) is 9.11. The Morgan fingerprint density at radius 3 is 2.00 bits per heavy atom. The van der Waals surface area contributed by atoms with E-state index in [0.717, 1.165) is 24.0 Å². The van der Waals surface area contributed by atoms with Crippen LogP contribution in [0.1, 0.15) is 17.5 Å². The lowest BCUT2D eigenvalue weighted by atomic mass is 10.1. The van der Waals surface area contributed by atoms with Gasteiger partial charge in [-0.3, -0.25) is 4.68 Å². The zero-order valence-electron chi connectivity index (χ0n) is 17.2. The van der Waals surface area contributed by atoms with Gasteiger partial charge in [0.15, 0.2) is 0 Å². The minimum absolute atomic E-state index is 0.203. The molecule has 0 atom stereocenters. The Labute approximate surface area is 183 Å². The Hall–Kier alpha value is -3.22. The summed E-state index contributed by atoms with van der Waals surface area (Å²) < 4.78 is 30.7. The fourth-order valence-corrected chi connectivity index (χ4v) is 4.71. The fraction of sp³-hybridized carbons (Fsp3) is 0.160. The SMILES string of the molecule is O=S(=O)(NCCCc1ccccc1)c1cn(Cc2ccccc2)nc1-c1ccccc1. The average Bonchev–Trinajstić information content (AvgIpc) is 3.24. The van der Waals surface area contributed by atoms with Gasteiger partial charge in [-0.05, 0) is 24.0 Å². The van der Waals surface area contributed by atoms with Crippen molar-refractivity contribution >= 4 is 10.0 Å². The molecule has 6 heteroatoms. The van der Waals surface area contributed by atoms with Crippen LogP contribution < -0.4 is 4.72 Å². The maximum absolute atomic E-state index is 13.1.